The lowest BCUT2D eigenvalue weighted by molar-refractivity contribution is 0.0661. The number of aliphatic hydroxyl groups is 2. The number of aliphatic hydroxyl groups excluding tert-OH is 2. The maximum absolute atomic E-state index is 14.4. The number of amides is 1. The van der Waals surface area contributed by atoms with E-state index < -0.39 is 29.7 Å². The number of H-pyrrole nitrogens is 1. The molecule has 152 valence electrons. The van der Waals surface area contributed by atoms with E-state index in [0.717, 1.165) is 6.20 Å². The highest BCUT2D eigenvalue weighted by Gasteiger charge is 2.36. The van der Waals surface area contributed by atoms with Crippen LogP contribution in [0.1, 0.15) is 16.9 Å². The third-order valence-electron chi connectivity index (χ3n) is 4.94. The first-order chi connectivity index (χ1) is 13.9. The van der Waals surface area contributed by atoms with Gasteiger partial charge >= 0.3 is 0 Å². The number of fused-ring (bicyclic) bond motifs is 1. The van der Waals surface area contributed by atoms with E-state index in [2.05, 4.69) is 15.3 Å². The van der Waals surface area contributed by atoms with Gasteiger partial charge < -0.3 is 25.4 Å². The average molecular weight is 514 g/mol. The summed E-state index contributed by atoms with van der Waals surface area (Å²) >= 11 is 1.98. The minimum atomic E-state index is -0.760. The molecule has 0 radical (unpaired) electrons. The molecule has 4 N–H and O–H groups in total. The molecule has 0 unspecified atom stereocenters. The summed E-state index contributed by atoms with van der Waals surface area (Å²) < 4.78 is 29.4. The van der Waals surface area contributed by atoms with Crippen molar-refractivity contribution in [2.24, 2.45) is 0 Å². The first-order valence-electron chi connectivity index (χ1n) is 8.86. The summed E-state index contributed by atoms with van der Waals surface area (Å²) in [5.41, 5.74) is 0.342. The van der Waals surface area contributed by atoms with Crippen LogP contribution >= 0.6 is 22.6 Å². The van der Waals surface area contributed by atoms with Gasteiger partial charge in [0.15, 0.2) is 5.82 Å². The van der Waals surface area contributed by atoms with Crippen LogP contribution in [0.2, 0.25) is 0 Å². The third-order valence-corrected chi connectivity index (χ3v) is 5.61. The number of β-amino-alcohol motifs (C(OH)–C–C–N with tert-alkyl or cyclic N) is 1. The second-order valence-corrected chi connectivity index (χ2v) is 8.10. The van der Waals surface area contributed by atoms with Crippen LogP contribution in [0.15, 0.2) is 30.6 Å². The Labute approximate surface area is 177 Å². The van der Waals surface area contributed by atoms with Gasteiger partial charge in [0, 0.05) is 21.7 Å². The van der Waals surface area contributed by atoms with Gasteiger partial charge in [0.25, 0.3) is 5.91 Å². The molecule has 3 aromatic rings. The predicted molar refractivity (Wildman–Crippen MR) is 111 cm³/mol. The van der Waals surface area contributed by atoms with Crippen molar-refractivity contribution < 1.29 is 23.8 Å². The van der Waals surface area contributed by atoms with Crippen LogP contribution in [0.4, 0.5) is 20.2 Å². The van der Waals surface area contributed by atoms with E-state index >= 15 is 0 Å². The summed E-state index contributed by atoms with van der Waals surface area (Å²) in [4.78, 5) is 21.1. The fourth-order valence-electron chi connectivity index (χ4n) is 3.55. The number of anilines is 2. The van der Waals surface area contributed by atoms with Crippen molar-refractivity contribution in [2.45, 2.75) is 18.6 Å². The van der Waals surface area contributed by atoms with Crippen molar-refractivity contribution in [1.29, 1.82) is 0 Å². The molecule has 3 heterocycles. The first kappa shape index (κ1) is 20.0. The molecule has 1 saturated heterocycles. The molecule has 0 spiro atoms. The number of rotatable bonds is 4. The van der Waals surface area contributed by atoms with Crippen LogP contribution in [0.3, 0.4) is 0 Å². The Morgan fingerprint density at radius 3 is 2.86 bits per heavy atom. The molecular weight excluding hydrogens is 497 g/mol. The second kappa shape index (κ2) is 7.84. The Kier molecular flexibility index (Phi) is 5.40. The first-order valence-corrected chi connectivity index (χ1v) is 9.94. The summed E-state index contributed by atoms with van der Waals surface area (Å²) in [6.45, 7) is -0.273. The zero-order valence-electron chi connectivity index (χ0n) is 15.0. The zero-order valence-corrected chi connectivity index (χ0v) is 17.2. The van der Waals surface area contributed by atoms with E-state index in [0.29, 0.717) is 3.57 Å². The lowest BCUT2D eigenvalue weighted by Gasteiger charge is -2.23. The van der Waals surface area contributed by atoms with Crippen molar-refractivity contribution in [3.05, 3.63) is 51.5 Å². The van der Waals surface area contributed by atoms with E-state index in [4.69, 9.17) is 0 Å². The van der Waals surface area contributed by atoms with Crippen LogP contribution in [-0.4, -0.2) is 56.3 Å². The van der Waals surface area contributed by atoms with Gasteiger partial charge in [-0.25, -0.2) is 8.78 Å². The molecular formula is C19H17F2IN4O3. The number of carbonyl (C=O) groups excluding carboxylic acids is 1. The minimum absolute atomic E-state index is 0.00241. The molecule has 1 aliphatic rings. The number of hydrogen-bond donors (Lipinski definition) is 4. The Balaban J connectivity index is 1.82. The number of likely N-dealkylation sites (tertiary alicyclic amines) is 1. The van der Waals surface area contributed by atoms with E-state index in [-0.39, 0.29) is 47.5 Å². The number of nitrogens with zero attached hydrogens (tertiary/aromatic N) is 2. The van der Waals surface area contributed by atoms with Crippen molar-refractivity contribution in [1.82, 2.24) is 14.9 Å². The summed E-state index contributed by atoms with van der Waals surface area (Å²) in [5.74, 6) is -1.73. The quantitative estimate of drug-likeness (QED) is 0.402. The van der Waals surface area contributed by atoms with Gasteiger partial charge in [-0.05, 0) is 47.2 Å². The van der Waals surface area contributed by atoms with Crippen LogP contribution in [0.5, 0.6) is 0 Å². The zero-order chi connectivity index (χ0) is 20.7. The van der Waals surface area contributed by atoms with E-state index in [9.17, 15) is 23.8 Å². The summed E-state index contributed by atoms with van der Waals surface area (Å²) in [6.07, 6.45) is 1.87. The van der Waals surface area contributed by atoms with Gasteiger partial charge in [-0.15, -0.1) is 0 Å². The van der Waals surface area contributed by atoms with Crippen molar-refractivity contribution in [3.8, 4) is 0 Å². The summed E-state index contributed by atoms with van der Waals surface area (Å²) in [6, 6.07) is 3.98. The molecule has 2 atom stereocenters. The van der Waals surface area contributed by atoms with E-state index in [1.807, 2.05) is 22.6 Å². The Hall–Kier alpha value is -2.31. The fraction of sp³-hybridized carbons (Fsp3) is 0.263. The number of halogens is 3. The number of aromatic amines is 1. The number of hydrogen-bond acceptors (Lipinski definition) is 5. The van der Waals surface area contributed by atoms with Crippen LogP contribution in [0.25, 0.3) is 10.9 Å². The molecule has 0 bridgehead atoms. The summed E-state index contributed by atoms with van der Waals surface area (Å²) in [7, 11) is 0. The number of nitrogens with one attached hydrogen (secondary N) is 2. The van der Waals surface area contributed by atoms with E-state index in [1.54, 1.807) is 6.07 Å². The van der Waals surface area contributed by atoms with Crippen molar-refractivity contribution >= 4 is 50.8 Å². The SMILES string of the molecule is O=C(c1[nH]c2c(F)cncc2c1Nc1ccc(I)cc1F)N1C[C@H](O)C[C@H]1CO. The molecule has 10 heteroatoms. The maximum atomic E-state index is 14.4. The number of benzene rings is 1. The Morgan fingerprint density at radius 1 is 1.34 bits per heavy atom. The number of aromatic nitrogens is 2. The molecule has 29 heavy (non-hydrogen) atoms. The highest BCUT2D eigenvalue weighted by molar-refractivity contribution is 14.1. The molecule has 2 aromatic heterocycles. The normalized spacial score (nSPS) is 19.1. The monoisotopic (exact) mass is 514 g/mol. The summed E-state index contributed by atoms with van der Waals surface area (Å²) in [5, 5.41) is 22.6. The highest BCUT2D eigenvalue weighted by atomic mass is 127. The molecule has 1 fully saturated rings. The molecule has 7 nitrogen and oxygen atoms in total. The Bertz CT molecular complexity index is 1090. The lowest BCUT2D eigenvalue weighted by atomic mass is 10.2. The standard InChI is InChI=1S/C19H17F2IN4O3/c20-13-3-9(22)1-2-15(13)24-17-12-5-23-6-14(21)16(12)25-18(17)19(29)26-7-11(28)4-10(26)8-27/h1-3,5-6,10-11,24-25,27-28H,4,7-8H2/t10-,11+/m0/s1. The molecule has 4 rings (SSSR count). The van der Waals surface area contributed by atoms with Crippen LogP contribution < -0.4 is 5.32 Å². The smallest absolute Gasteiger partial charge is 0.272 e. The average Bonchev–Trinajstić information content (AvgIpc) is 3.25. The third kappa shape index (κ3) is 3.67. The van der Waals surface area contributed by atoms with Gasteiger partial charge in [0.05, 0.1) is 41.8 Å². The highest BCUT2D eigenvalue weighted by Crippen LogP contribution is 2.34. The Morgan fingerprint density at radius 2 is 2.14 bits per heavy atom. The molecule has 0 aliphatic carbocycles. The molecule has 1 amide bonds. The van der Waals surface area contributed by atoms with Gasteiger partial charge in [-0.2, -0.15) is 0 Å². The number of pyridine rings is 1. The molecule has 0 saturated carbocycles. The number of carbonyl (C=O) groups is 1. The van der Waals surface area contributed by atoms with Gasteiger partial charge in [0.2, 0.25) is 0 Å². The van der Waals surface area contributed by atoms with Gasteiger partial charge in [-0.3, -0.25) is 9.78 Å². The van der Waals surface area contributed by atoms with Crippen LogP contribution in [0, 0.1) is 15.2 Å². The van der Waals surface area contributed by atoms with Gasteiger partial charge in [0.1, 0.15) is 11.5 Å². The second-order valence-electron chi connectivity index (χ2n) is 6.85. The molecule has 1 aliphatic heterocycles. The predicted octanol–water partition coefficient (Wildman–Crippen LogP) is 2.76. The minimum Gasteiger partial charge on any atom is -0.394 e. The topological polar surface area (TPSA) is 101 Å². The molecule has 1 aromatic carbocycles. The largest absolute Gasteiger partial charge is 0.394 e. The maximum Gasteiger partial charge on any atom is 0.272 e. The van der Waals surface area contributed by atoms with Crippen molar-refractivity contribution in [2.75, 3.05) is 18.5 Å². The van der Waals surface area contributed by atoms with Gasteiger partial charge in [-0.1, -0.05) is 0 Å². The van der Waals surface area contributed by atoms with Crippen LogP contribution in [-0.2, 0) is 0 Å². The fourth-order valence-corrected chi connectivity index (χ4v) is 4.00. The van der Waals surface area contributed by atoms with E-state index in [1.165, 1.54) is 23.2 Å². The van der Waals surface area contributed by atoms with Crippen molar-refractivity contribution in [3.63, 3.8) is 0 Å². The lowest BCUT2D eigenvalue weighted by Crippen LogP contribution is -2.38.